The van der Waals surface area contributed by atoms with Crippen molar-refractivity contribution in [2.24, 2.45) is 14.1 Å². The van der Waals surface area contributed by atoms with E-state index in [-0.39, 0.29) is 11.3 Å². The highest BCUT2D eigenvalue weighted by atomic mass is 79.9. The maximum Gasteiger partial charge on any atom is 0.340 e. The Balaban J connectivity index is 0.000000204. The Hall–Kier alpha value is -2.65. The minimum atomic E-state index is -1.13. The van der Waals surface area contributed by atoms with Gasteiger partial charge < -0.3 is 5.11 Å². The molecule has 0 saturated heterocycles. The molecule has 2 heterocycles. The lowest BCUT2D eigenvalue weighted by Gasteiger charge is -1.82. The number of nitriles is 2. The number of aryl methyl sites for hydroxylation is 2. The summed E-state index contributed by atoms with van der Waals surface area (Å²) in [5, 5.41) is 32.7. The number of carboxylic acids is 1. The summed E-state index contributed by atoms with van der Waals surface area (Å²) in [6.07, 6.45) is 3.03. The first kappa shape index (κ1) is 15.4. The van der Waals surface area contributed by atoms with Crippen LogP contribution in [0.1, 0.15) is 21.7 Å². The van der Waals surface area contributed by atoms with Crippen LogP contribution in [0.5, 0.6) is 0 Å². The predicted octanol–water partition coefficient (Wildman–Crippen LogP) is 1.04. The Morgan fingerprint density at radius 3 is 2.00 bits per heavy atom. The van der Waals surface area contributed by atoms with Crippen LogP contribution >= 0.6 is 15.9 Å². The van der Waals surface area contributed by atoms with Gasteiger partial charge in [-0.05, 0) is 15.9 Å². The molecule has 0 aromatic carbocycles. The van der Waals surface area contributed by atoms with Gasteiger partial charge in [0, 0.05) is 26.5 Å². The molecule has 0 atom stereocenters. The number of carboxylic acid groups (broad SMARTS) is 1. The van der Waals surface area contributed by atoms with Gasteiger partial charge in [-0.25, -0.2) is 4.79 Å². The summed E-state index contributed by atoms with van der Waals surface area (Å²) in [4.78, 5) is 10.4. The first-order chi connectivity index (χ1) is 9.38. The molecule has 0 bridgehead atoms. The third kappa shape index (κ3) is 3.67. The Morgan fingerprint density at radius 1 is 1.20 bits per heavy atom. The summed E-state index contributed by atoms with van der Waals surface area (Å²) in [6, 6.07) is 3.62. The first-order valence-electron chi connectivity index (χ1n) is 5.15. The van der Waals surface area contributed by atoms with Gasteiger partial charge in [-0.15, -0.1) is 0 Å². The Labute approximate surface area is 122 Å². The molecule has 0 aliphatic carbocycles. The predicted molar refractivity (Wildman–Crippen MR) is 70.5 cm³/mol. The van der Waals surface area contributed by atoms with E-state index in [1.807, 2.05) is 6.07 Å². The molecule has 0 saturated carbocycles. The monoisotopic (exact) mass is 336 g/mol. The van der Waals surface area contributed by atoms with Crippen molar-refractivity contribution in [1.29, 1.82) is 10.5 Å². The third-order valence-corrected chi connectivity index (χ3v) is 2.64. The summed E-state index contributed by atoms with van der Waals surface area (Å²) in [6.45, 7) is 0. The minimum Gasteiger partial charge on any atom is -0.478 e. The number of halogens is 1. The largest absolute Gasteiger partial charge is 0.478 e. The Morgan fingerprint density at radius 2 is 1.70 bits per heavy atom. The summed E-state index contributed by atoms with van der Waals surface area (Å²) >= 11 is 3.17. The molecule has 8 nitrogen and oxygen atoms in total. The summed E-state index contributed by atoms with van der Waals surface area (Å²) in [7, 11) is 3.33. The van der Waals surface area contributed by atoms with Crippen molar-refractivity contribution in [3.63, 3.8) is 0 Å². The lowest BCUT2D eigenvalue weighted by molar-refractivity contribution is 0.0696. The van der Waals surface area contributed by atoms with Gasteiger partial charge in [-0.2, -0.15) is 20.7 Å². The van der Waals surface area contributed by atoms with E-state index >= 15 is 0 Å². The third-order valence-electron chi connectivity index (χ3n) is 2.06. The number of rotatable bonds is 1. The van der Waals surface area contributed by atoms with E-state index in [1.54, 1.807) is 31.0 Å². The van der Waals surface area contributed by atoms with Crippen LogP contribution in [0.15, 0.2) is 16.9 Å². The lowest BCUT2D eigenvalue weighted by atomic mass is 10.3. The Kier molecular flexibility index (Phi) is 5.01. The molecule has 0 aliphatic heterocycles. The molecule has 102 valence electrons. The SMILES string of the molecule is Cn1cc(Br)c(C#N)n1.Cn1cc(C(=O)O)c(C#N)n1. The number of hydrogen-bond donors (Lipinski definition) is 1. The van der Waals surface area contributed by atoms with E-state index in [2.05, 4.69) is 26.1 Å². The van der Waals surface area contributed by atoms with Crippen LogP contribution in [-0.2, 0) is 14.1 Å². The number of carbonyl (C=O) groups is 1. The fourth-order valence-corrected chi connectivity index (χ4v) is 1.73. The van der Waals surface area contributed by atoms with Gasteiger partial charge in [0.2, 0.25) is 0 Å². The standard InChI is InChI=1S/C6H5N3O2.C5H4BrN3/c1-9-3-4(6(10)11)5(2-7)8-9;1-9-3-4(6)5(2-7)8-9/h3H,1H3,(H,10,11);3H,1H3. The van der Waals surface area contributed by atoms with E-state index in [0.29, 0.717) is 5.69 Å². The highest BCUT2D eigenvalue weighted by Gasteiger charge is 2.12. The molecule has 0 fully saturated rings. The zero-order valence-electron chi connectivity index (χ0n) is 10.6. The van der Waals surface area contributed by atoms with Crippen molar-refractivity contribution in [3.05, 3.63) is 33.8 Å². The smallest absolute Gasteiger partial charge is 0.340 e. The maximum absolute atomic E-state index is 10.4. The molecular weight excluding hydrogens is 328 g/mol. The highest BCUT2D eigenvalue weighted by Crippen LogP contribution is 2.11. The van der Waals surface area contributed by atoms with Gasteiger partial charge in [0.05, 0.1) is 4.47 Å². The van der Waals surface area contributed by atoms with Crippen LogP contribution in [-0.4, -0.2) is 30.6 Å². The molecule has 2 rings (SSSR count). The number of aromatic nitrogens is 4. The quantitative estimate of drug-likeness (QED) is 0.830. The van der Waals surface area contributed by atoms with E-state index in [0.717, 1.165) is 4.47 Å². The van der Waals surface area contributed by atoms with Crippen LogP contribution in [0, 0.1) is 22.7 Å². The van der Waals surface area contributed by atoms with Crippen LogP contribution in [0.4, 0.5) is 0 Å². The van der Waals surface area contributed by atoms with Gasteiger partial charge in [0.1, 0.15) is 17.7 Å². The zero-order valence-corrected chi connectivity index (χ0v) is 12.2. The topological polar surface area (TPSA) is 121 Å². The van der Waals surface area contributed by atoms with Crippen molar-refractivity contribution < 1.29 is 9.90 Å². The molecular formula is C11H9BrN6O2. The van der Waals surface area contributed by atoms with Gasteiger partial charge in [0.25, 0.3) is 0 Å². The maximum atomic E-state index is 10.4. The number of aromatic carboxylic acids is 1. The molecule has 0 aliphatic rings. The average Bonchev–Trinajstić information content (AvgIpc) is 2.92. The second kappa shape index (κ2) is 6.50. The fraction of sp³-hybridized carbons (Fsp3) is 0.182. The fourth-order valence-electron chi connectivity index (χ4n) is 1.26. The van der Waals surface area contributed by atoms with Crippen LogP contribution < -0.4 is 0 Å². The molecule has 2 aromatic rings. The van der Waals surface area contributed by atoms with Gasteiger partial charge in [-0.1, -0.05) is 0 Å². The second-order valence-corrected chi connectivity index (χ2v) is 4.45. The number of hydrogen-bond acceptors (Lipinski definition) is 5. The van der Waals surface area contributed by atoms with Gasteiger partial charge in [0.15, 0.2) is 11.4 Å². The van der Waals surface area contributed by atoms with Crippen molar-refractivity contribution in [2.75, 3.05) is 0 Å². The zero-order chi connectivity index (χ0) is 15.3. The summed E-state index contributed by atoms with van der Waals surface area (Å²) < 4.78 is 3.62. The summed E-state index contributed by atoms with van der Waals surface area (Å²) in [5.74, 6) is -1.13. The Bertz CT molecular complexity index is 718. The molecule has 0 unspecified atom stereocenters. The molecule has 1 N–H and O–H groups in total. The molecule has 20 heavy (non-hydrogen) atoms. The minimum absolute atomic E-state index is 0.0556. The van der Waals surface area contributed by atoms with Crippen molar-refractivity contribution in [2.45, 2.75) is 0 Å². The van der Waals surface area contributed by atoms with Crippen LogP contribution in [0.25, 0.3) is 0 Å². The van der Waals surface area contributed by atoms with Crippen molar-refractivity contribution in [3.8, 4) is 12.1 Å². The first-order valence-corrected chi connectivity index (χ1v) is 5.94. The van der Waals surface area contributed by atoms with Crippen LogP contribution in [0.3, 0.4) is 0 Å². The van der Waals surface area contributed by atoms with Crippen LogP contribution in [0.2, 0.25) is 0 Å². The van der Waals surface area contributed by atoms with E-state index in [9.17, 15) is 4.79 Å². The normalized spacial score (nSPS) is 9.05. The van der Waals surface area contributed by atoms with Crippen molar-refractivity contribution in [1.82, 2.24) is 19.6 Å². The van der Waals surface area contributed by atoms with E-state index < -0.39 is 5.97 Å². The molecule has 2 aromatic heterocycles. The number of nitrogens with zero attached hydrogens (tertiary/aromatic N) is 6. The molecule has 0 spiro atoms. The van der Waals surface area contributed by atoms with Gasteiger partial charge >= 0.3 is 5.97 Å². The van der Waals surface area contributed by atoms with Crippen molar-refractivity contribution >= 4 is 21.9 Å². The molecule has 0 radical (unpaired) electrons. The van der Waals surface area contributed by atoms with Gasteiger partial charge in [-0.3, -0.25) is 9.36 Å². The molecule has 0 amide bonds. The highest BCUT2D eigenvalue weighted by molar-refractivity contribution is 9.10. The second-order valence-electron chi connectivity index (χ2n) is 3.59. The lowest BCUT2D eigenvalue weighted by Crippen LogP contribution is -1.96. The summed E-state index contributed by atoms with van der Waals surface area (Å²) in [5.41, 5.74) is 0.313. The average molecular weight is 337 g/mol. The van der Waals surface area contributed by atoms with E-state index in [1.165, 1.54) is 10.9 Å². The molecule has 9 heteroatoms. The van der Waals surface area contributed by atoms with E-state index in [4.69, 9.17) is 15.6 Å².